The van der Waals surface area contributed by atoms with Crippen LogP contribution in [0.2, 0.25) is 0 Å². The quantitative estimate of drug-likeness (QED) is 0.163. The third-order valence-corrected chi connectivity index (χ3v) is 7.64. The Morgan fingerprint density at radius 1 is 0.486 bits per heavy atom. The van der Waals surface area contributed by atoms with E-state index in [1.165, 1.54) is 62.8 Å². The molecule has 5 rings (SSSR count). The molecule has 0 aliphatic carbocycles. The topological polar surface area (TPSA) is 0 Å². The summed E-state index contributed by atoms with van der Waals surface area (Å²) in [6, 6.07) is 40.2. The fourth-order valence-corrected chi connectivity index (χ4v) is 6.16. The molecule has 0 heterocycles. The van der Waals surface area contributed by atoms with Crippen LogP contribution in [0.15, 0.2) is 109 Å². The Morgan fingerprint density at radius 3 is 1.43 bits per heavy atom. The first-order valence-corrected chi connectivity index (χ1v) is 14.0. The molecule has 0 unspecified atom stereocenters. The molecule has 5 aromatic carbocycles. The monoisotopic (exact) mass is 676 g/mol. The van der Waals surface area contributed by atoms with Crippen LogP contribution in [0.3, 0.4) is 0 Å². The molecular formula is C33H26I2. The van der Waals surface area contributed by atoms with Gasteiger partial charge in [-0.2, -0.15) is 0 Å². The van der Waals surface area contributed by atoms with Gasteiger partial charge >= 0.3 is 0 Å². The molecule has 0 saturated heterocycles. The van der Waals surface area contributed by atoms with Gasteiger partial charge in [-0.25, -0.2) is 0 Å². The van der Waals surface area contributed by atoms with Gasteiger partial charge in [-0.15, -0.1) is 0 Å². The predicted octanol–water partition coefficient (Wildman–Crippen LogP) is 10.4. The highest BCUT2D eigenvalue weighted by molar-refractivity contribution is 14.1. The molecule has 0 bridgehead atoms. The lowest BCUT2D eigenvalue weighted by molar-refractivity contribution is 1.14. The van der Waals surface area contributed by atoms with Gasteiger partial charge in [0.05, 0.1) is 0 Å². The van der Waals surface area contributed by atoms with Crippen LogP contribution < -0.4 is 0 Å². The summed E-state index contributed by atoms with van der Waals surface area (Å²) in [4.78, 5) is 0. The van der Waals surface area contributed by atoms with Crippen LogP contribution in [0.25, 0.3) is 44.5 Å². The number of aryl methyl sites for hydroxylation is 2. The first kappa shape index (κ1) is 24.3. The van der Waals surface area contributed by atoms with Crippen molar-refractivity contribution in [2.24, 2.45) is 0 Å². The zero-order valence-corrected chi connectivity index (χ0v) is 24.2. The van der Waals surface area contributed by atoms with E-state index in [9.17, 15) is 0 Å². The molecule has 0 atom stereocenters. The Labute approximate surface area is 235 Å². The maximum atomic E-state index is 2.42. The third kappa shape index (κ3) is 5.54. The fraction of sp³-hybridized carbons (Fsp3) is 0.0909. The summed E-state index contributed by atoms with van der Waals surface area (Å²) in [5.74, 6) is 0. The van der Waals surface area contributed by atoms with Crippen molar-refractivity contribution in [3.63, 3.8) is 0 Å². The first-order chi connectivity index (χ1) is 17.0. The predicted molar refractivity (Wildman–Crippen MR) is 168 cm³/mol. The van der Waals surface area contributed by atoms with Gasteiger partial charge in [0.2, 0.25) is 0 Å². The van der Waals surface area contributed by atoms with Crippen LogP contribution in [-0.2, 0) is 6.42 Å². The highest BCUT2D eigenvalue weighted by Gasteiger charge is 2.09. The van der Waals surface area contributed by atoms with Crippen molar-refractivity contribution >= 4 is 45.2 Å². The summed E-state index contributed by atoms with van der Waals surface area (Å²) in [5.41, 5.74) is 12.7. The number of benzene rings is 5. The highest BCUT2D eigenvalue weighted by atomic mass is 127. The van der Waals surface area contributed by atoms with Crippen LogP contribution in [0.4, 0.5) is 0 Å². The molecular weight excluding hydrogens is 650 g/mol. The lowest BCUT2D eigenvalue weighted by Crippen LogP contribution is -1.88. The van der Waals surface area contributed by atoms with E-state index in [0.29, 0.717) is 0 Å². The number of hydrogen-bond acceptors (Lipinski definition) is 0. The molecule has 172 valence electrons. The Morgan fingerprint density at radius 2 is 0.943 bits per heavy atom. The van der Waals surface area contributed by atoms with Crippen LogP contribution >= 0.6 is 45.2 Å². The van der Waals surface area contributed by atoms with Crippen molar-refractivity contribution < 1.29 is 0 Å². The molecule has 35 heavy (non-hydrogen) atoms. The molecule has 0 aromatic heterocycles. The van der Waals surface area contributed by atoms with Gasteiger partial charge in [-0.3, -0.25) is 0 Å². The number of rotatable bonds is 5. The largest absolute Gasteiger partial charge is 0.0616 e. The Hall–Kier alpha value is -2.44. The Balaban J connectivity index is 1.47. The second-order valence-corrected chi connectivity index (χ2v) is 11.4. The molecule has 0 amide bonds. The fourth-order valence-electron chi connectivity index (χ4n) is 4.60. The van der Waals surface area contributed by atoms with E-state index in [4.69, 9.17) is 0 Å². The smallest absolute Gasteiger partial charge is 0.0139 e. The molecule has 0 radical (unpaired) electrons. The van der Waals surface area contributed by atoms with Crippen LogP contribution in [0.5, 0.6) is 0 Å². The maximum Gasteiger partial charge on any atom is 0.0139 e. The van der Waals surface area contributed by atoms with Gasteiger partial charge in [-0.1, -0.05) is 91.9 Å². The molecule has 0 nitrogen and oxygen atoms in total. The van der Waals surface area contributed by atoms with E-state index < -0.39 is 0 Å². The van der Waals surface area contributed by atoms with Crippen molar-refractivity contribution in [3.05, 3.63) is 127 Å². The van der Waals surface area contributed by atoms with Crippen LogP contribution in [0.1, 0.15) is 18.1 Å². The molecule has 0 saturated carbocycles. The van der Waals surface area contributed by atoms with Crippen molar-refractivity contribution in [2.75, 3.05) is 0 Å². The second-order valence-electron chi connectivity index (χ2n) is 8.92. The summed E-state index contributed by atoms with van der Waals surface area (Å²) >= 11 is 4.81. The average Bonchev–Trinajstić information content (AvgIpc) is 2.88. The number of hydrogen-bond donors (Lipinski definition) is 0. The van der Waals surface area contributed by atoms with Crippen molar-refractivity contribution in [3.8, 4) is 44.5 Å². The summed E-state index contributed by atoms with van der Waals surface area (Å²) < 4.78 is 2.56. The van der Waals surface area contributed by atoms with E-state index in [1.807, 2.05) is 0 Å². The summed E-state index contributed by atoms with van der Waals surface area (Å²) in [5, 5.41) is 0. The minimum atomic E-state index is 1.05. The van der Waals surface area contributed by atoms with Crippen LogP contribution in [0, 0.1) is 14.1 Å². The molecule has 0 fully saturated rings. The van der Waals surface area contributed by atoms with Crippen molar-refractivity contribution in [1.29, 1.82) is 0 Å². The minimum absolute atomic E-state index is 1.05. The van der Waals surface area contributed by atoms with E-state index in [-0.39, 0.29) is 0 Å². The maximum absolute atomic E-state index is 2.42. The van der Waals surface area contributed by atoms with E-state index >= 15 is 0 Å². The van der Waals surface area contributed by atoms with Crippen molar-refractivity contribution in [2.45, 2.75) is 20.3 Å². The lowest BCUT2D eigenvalue weighted by Gasteiger charge is -2.12. The van der Waals surface area contributed by atoms with Gasteiger partial charge < -0.3 is 0 Å². The SMILES string of the molecule is CCc1cc(I)cc(-c2ccc(-c3ccccc3-c3ccc(-c4cc(C)cc(I)c4)cc3)cc2)c1. The normalized spacial score (nSPS) is 11.0. The van der Waals surface area contributed by atoms with Gasteiger partial charge in [0, 0.05) is 7.14 Å². The second kappa shape index (κ2) is 10.7. The van der Waals surface area contributed by atoms with Crippen molar-refractivity contribution in [1.82, 2.24) is 0 Å². The Bertz CT molecular complexity index is 1460. The van der Waals surface area contributed by atoms with Crippen LogP contribution in [-0.4, -0.2) is 0 Å². The molecule has 0 N–H and O–H groups in total. The first-order valence-electron chi connectivity index (χ1n) is 11.9. The molecule has 2 heteroatoms. The minimum Gasteiger partial charge on any atom is -0.0616 e. The van der Waals surface area contributed by atoms with E-state index in [0.717, 1.165) is 6.42 Å². The molecule has 0 aliphatic heterocycles. The van der Waals surface area contributed by atoms with E-state index in [1.54, 1.807) is 0 Å². The summed E-state index contributed by atoms with van der Waals surface area (Å²) in [7, 11) is 0. The highest BCUT2D eigenvalue weighted by Crippen LogP contribution is 2.35. The average molecular weight is 676 g/mol. The third-order valence-electron chi connectivity index (χ3n) is 6.39. The molecule has 0 spiro atoms. The Kier molecular flexibility index (Phi) is 7.40. The summed E-state index contributed by atoms with van der Waals surface area (Å²) in [6.45, 7) is 4.37. The standard InChI is InChI=1S/C33H26I2/c1-3-23-18-29(21-31(35)19-23)25-10-14-27(15-11-25)33-7-5-4-6-32(33)26-12-8-24(9-13-26)28-16-22(2)17-30(34)20-28/h4-21H,3H2,1-2H3. The number of halogens is 2. The summed E-state index contributed by atoms with van der Waals surface area (Å²) in [6.07, 6.45) is 1.05. The molecule has 0 aliphatic rings. The van der Waals surface area contributed by atoms with Gasteiger partial charge in [0.1, 0.15) is 0 Å². The zero-order valence-electron chi connectivity index (χ0n) is 19.9. The van der Waals surface area contributed by atoms with Gasteiger partial charge in [0.15, 0.2) is 0 Å². The van der Waals surface area contributed by atoms with Gasteiger partial charge in [0.25, 0.3) is 0 Å². The van der Waals surface area contributed by atoms with E-state index in [2.05, 4.69) is 168 Å². The lowest BCUT2D eigenvalue weighted by atomic mass is 9.92. The molecule has 5 aromatic rings. The van der Waals surface area contributed by atoms with Gasteiger partial charge in [-0.05, 0) is 138 Å². The zero-order chi connectivity index (χ0) is 24.4.